The van der Waals surface area contributed by atoms with Crippen molar-refractivity contribution < 1.29 is 8.91 Å². The van der Waals surface area contributed by atoms with E-state index in [4.69, 9.17) is 4.52 Å². The Balaban J connectivity index is 0.00000288. The number of nitrogens with one attached hydrogen (secondary N) is 2. The molecule has 0 spiro atoms. The van der Waals surface area contributed by atoms with E-state index in [9.17, 15) is 4.39 Å². The third-order valence-electron chi connectivity index (χ3n) is 3.10. The van der Waals surface area contributed by atoms with Crippen molar-refractivity contribution in [2.24, 2.45) is 4.99 Å². The number of rotatable bonds is 7. The molecular formula is C16H23FIN5O. The first kappa shape index (κ1) is 20.3. The fourth-order valence-corrected chi connectivity index (χ4v) is 2.06. The summed E-state index contributed by atoms with van der Waals surface area (Å²) in [6.45, 7) is 5.79. The molecule has 2 rings (SSSR count). The molecular weight excluding hydrogens is 424 g/mol. The van der Waals surface area contributed by atoms with Gasteiger partial charge in [0.25, 0.3) is 0 Å². The molecule has 0 saturated carbocycles. The van der Waals surface area contributed by atoms with Crippen LogP contribution in [0, 0.1) is 12.7 Å². The number of aromatic nitrogens is 2. The van der Waals surface area contributed by atoms with E-state index >= 15 is 0 Å². The molecule has 0 unspecified atom stereocenters. The molecule has 0 amide bonds. The molecule has 132 valence electrons. The van der Waals surface area contributed by atoms with Crippen molar-refractivity contribution in [3.05, 3.63) is 47.4 Å². The van der Waals surface area contributed by atoms with Crippen LogP contribution in [0.3, 0.4) is 0 Å². The minimum absolute atomic E-state index is 0. The van der Waals surface area contributed by atoms with Crippen LogP contribution in [0.2, 0.25) is 0 Å². The van der Waals surface area contributed by atoms with Gasteiger partial charge in [-0.2, -0.15) is 4.98 Å². The van der Waals surface area contributed by atoms with Crippen LogP contribution in [0.15, 0.2) is 33.8 Å². The Labute approximate surface area is 158 Å². The van der Waals surface area contributed by atoms with E-state index in [0.29, 0.717) is 31.2 Å². The Morgan fingerprint density at radius 3 is 2.79 bits per heavy atom. The van der Waals surface area contributed by atoms with Crippen LogP contribution in [0.1, 0.15) is 24.2 Å². The summed E-state index contributed by atoms with van der Waals surface area (Å²) in [4.78, 5) is 8.60. The molecule has 0 aliphatic heterocycles. The van der Waals surface area contributed by atoms with E-state index in [1.54, 1.807) is 19.1 Å². The number of aryl methyl sites for hydroxylation is 1. The van der Waals surface area contributed by atoms with Crippen molar-refractivity contribution in [2.45, 2.75) is 26.7 Å². The van der Waals surface area contributed by atoms with Crippen LogP contribution in [0.25, 0.3) is 0 Å². The highest BCUT2D eigenvalue weighted by molar-refractivity contribution is 14.0. The Kier molecular flexibility index (Phi) is 9.28. The van der Waals surface area contributed by atoms with Gasteiger partial charge in [0.15, 0.2) is 11.8 Å². The largest absolute Gasteiger partial charge is 0.357 e. The van der Waals surface area contributed by atoms with Crippen LogP contribution in [-0.4, -0.2) is 35.7 Å². The molecule has 24 heavy (non-hydrogen) atoms. The van der Waals surface area contributed by atoms with Gasteiger partial charge in [0, 0.05) is 19.5 Å². The van der Waals surface area contributed by atoms with Gasteiger partial charge in [-0.25, -0.2) is 4.39 Å². The summed E-state index contributed by atoms with van der Waals surface area (Å²) in [6.07, 6.45) is 1.33. The van der Waals surface area contributed by atoms with E-state index in [1.807, 2.05) is 13.0 Å². The van der Waals surface area contributed by atoms with Gasteiger partial charge in [0.05, 0.1) is 6.54 Å². The fourth-order valence-electron chi connectivity index (χ4n) is 2.06. The average Bonchev–Trinajstić information content (AvgIpc) is 2.93. The Bertz CT molecular complexity index is 647. The molecule has 6 nitrogen and oxygen atoms in total. The molecule has 0 atom stereocenters. The first-order valence-corrected chi connectivity index (χ1v) is 7.73. The van der Waals surface area contributed by atoms with Crippen molar-refractivity contribution in [2.75, 3.05) is 19.6 Å². The smallest absolute Gasteiger partial charge is 0.228 e. The molecule has 1 aromatic heterocycles. The number of benzene rings is 1. The third-order valence-corrected chi connectivity index (χ3v) is 3.10. The lowest BCUT2D eigenvalue weighted by Gasteiger charge is -2.11. The lowest BCUT2D eigenvalue weighted by molar-refractivity contribution is 0.376. The number of guanidine groups is 1. The standard InChI is InChI=1S/C16H22FN5O.HI/c1-3-18-16(20-10-8-15-21-12(2)22-23-15)19-9-7-13-5-4-6-14(17)11-13;/h4-6,11H,3,7-10H2,1-2H3,(H2,18,19,20);1H. The second kappa shape index (κ2) is 11.0. The molecule has 0 fully saturated rings. The summed E-state index contributed by atoms with van der Waals surface area (Å²) in [7, 11) is 0. The van der Waals surface area contributed by atoms with Crippen LogP contribution in [-0.2, 0) is 12.8 Å². The third kappa shape index (κ3) is 7.24. The minimum atomic E-state index is -0.210. The number of aliphatic imine (C=N–C) groups is 1. The number of nitrogens with zero attached hydrogens (tertiary/aromatic N) is 3. The normalized spacial score (nSPS) is 11.0. The van der Waals surface area contributed by atoms with E-state index in [2.05, 4.69) is 25.8 Å². The molecule has 0 bridgehead atoms. The van der Waals surface area contributed by atoms with Crippen LogP contribution in [0.4, 0.5) is 4.39 Å². The maximum atomic E-state index is 13.1. The van der Waals surface area contributed by atoms with Crippen molar-refractivity contribution >= 4 is 29.9 Å². The van der Waals surface area contributed by atoms with E-state index < -0.39 is 0 Å². The zero-order valence-corrected chi connectivity index (χ0v) is 16.2. The van der Waals surface area contributed by atoms with E-state index in [0.717, 1.165) is 24.5 Å². The summed E-state index contributed by atoms with van der Waals surface area (Å²) in [5.41, 5.74) is 0.953. The first-order valence-electron chi connectivity index (χ1n) is 7.73. The van der Waals surface area contributed by atoms with E-state index in [1.165, 1.54) is 6.07 Å². The highest BCUT2D eigenvalue weighted by Gasteiger charge is 2.03. The number of hydrogen-bond acceptors (Lipinski definition) is 4. The molecule has 0 radical (unpaired) electrons. The zero-order valence-electron chi connectivity index (χ0n) is 13.9. The van der Waals surface area contributed by atoms with Crippen LogP contribution in [0.5, 0.6) is 0 Å². The monoisotopic (exact) mass is 447 g/mol. The fraction of sp³-hybridized carbons (Fsp3) is 0.438. The van der Waals surface area contributed by atoms with Crippen molar-refractivity contribution in [3.8, 4) is 0 Å². The molecule has 2 N–H and O–H groups in total. The Hall–Kier alpha value is -1.71. The summed E-state index contributed by atoms with van der Waals surface area (Å²) in [5, 5.41) is 10.1. The SMILES string of the molecule is CCNC(=NCCc1nc(C)no1)NCCc1cccc(F)c1.I. The van der Waals surface area contributed by atoms with Crippen LogP contribution < -0.4 is 10.6 Å². The molecule has 0 saturated heterocycles. The minimum Gasteiger partial charge on any atom is -0.357 e. The molecule has 0 aliphatic rings. The van der Waals surface area contributed by atoms with Crippen molar-refractivity contribution in [1.82, 2.24) is 20.8 Å². The lowest BCUT2D eigenvalue weighted by Crippen LogP contribution is -2.38. The Morgan fingerprint density at radius 2 is 2.12 bits per heavy atom. The molecule has 1 heterocycles. The topological polar surface area (TPSA) is 75.3 Å². The summed E-state index contributed by atoms with van der Waals surface area (Å²) in [5.74, 6) is 1.73. The second-order valence-corrected chi connectivity index (χ2v) is 5.05. The van der Waals surface area contributed by atoms with Gasteiger partial charge in [-0.15, -0.1) is 24.0 Å². The van der Waals surface area contributed by atoms with Gasteiger partial charge < -0.3 is 15.2 Å². The van der Waals surface area contributed by atoms with Crippen molar-refractivity contribution in [3.63, 3.8) is 0 Å². The number of halogens is 2. The molecule has 2 aromatic rings. The maximum absolute atomic E-state index is 13.1. The van der Waals surface area contributed by atoms with Gasteiger partial charge in [0.1, 0.15) is 5.82 Å². The molecule has 1 aromatic carbocycles. The van der Waals surface area contributed by atoms with Crippen LogP contribution >= 0.6 is 24.0 Å². The first-order chi connectivity index (χ1) is 11.2. The average molecular weight is 447 g/mol. The second-order valence-electron chi connectivity index (χ2n) is 5.05. The van der Waals surface area contributed by atoms with Crippen molar-refractivity contribution in [1.29, 1.82) is 0 Å². The Morgan fingerprint density at radius 1 is 1.29 bits per heavy atom. The zero-order chi connectivity index (χ0) is 16.5. The van der Waals surface area contributed by atoms with Gasteiger partial charge >= 0.3 is 0 Å². The lowest BCUT2D eigenvalue weighted by atomic mass is 10.1. The predicted molar refractivity (Wildman–Crippen MR) is 102 cm³/mol. The predicted octanol–water partition coefficient (Wildman–Crippen LogP) is 2.48. The van der Waals surface area contributed by atoms with Gasteiger partial charge in [-0.1, -0.05) is 17.3 Å². The van der Waals surface area contributed by atoms with Gasteiger partial charge in [-0.05, 0) is 38.0 Å². The summed E-state index contributed by atoms with van der Waals surface area (Å²) >= 11 is 0. The molecule has 0 aliphatic carbocycles. The number of hydrogen-bond donors (Lipinski definition) is 2. The highest BCUT2D eigenvalue weighted by atomic mass is 127. The van der Waals surface area contributed by atoms with E-state index in [-0.39, 0.29) is 29.8 Å². The quantitative estimate of drug-likeness (QED) is 0.388. The maximum Gasteiger partial charge on any atom is 0.228 e. The summed E-state index contributed by atoms with van der Waals surface area (Å²) in [6, 6.07) is 6.62. The summed E-state index contributed by atoms with van der Waals surface area (Å²) < 4.78 is 18.2. The van der Waals surface area contributed by atoms with Gasteiger partial charge in [0.2, 0.25) is 5.89 Å². The van der Waals surface area contributed by atoms with Gasteiger partial charge in [-0.3, -0.25) is 4.99 Å². The molecule has 8 heteroatoms. The highest BCUT2D eigenvalue weighted by Crippen LogP contribution is 2.03.